The number of hydrogen-bond donors (Lipinski definition) is 0. The molecule has 0 saturated carbocycles. The lowest BCUT2D eigenvalue weighted by molar-refractivity contribution is -0.125. The minimum atomic E-state index is -0.406. The van der Waals surface area contributed by atoms with Crippen molar-refractivity contribution in [1.82, 2.24) is 4.90 Å². The Morgan fingerprint density at radius 1 is 1.55 bits per heavy atom. The van der Waals surface area contributed by atoms with E-state index in [4.69, 9.17) is 0 Å². The highest BCUT2D eigenvalue weighted by atomic mass is 16.5. The first kappa shape index (κ1) is 8.04. The van der Waals surface area contributed by atoms with Crippen molar-refractivity contribution in [2.24, 2.45) is 0 Å². The van der Waals surface area contributed by atoms with Crippen molar-refractivity contribution in [2.45, 2.75) is 19.4 Å². The van der Waals surface area contributed by atoms with Crippen LogP contribution in [0, 0.1) is 0 Å². The molecule has 1 aliphatic heterocycles. The van der Waals surface area contributed by atoms with Gasteiger partial charge in [-0.2, -0.15) is 0 Å². The second-order valence-corrected chi connectivity index (χ2v) is 2.58. The monoisotopic (exact) mass is 157 g/mol. The maximum Gasteiger partial charge on any atom is 0.410 e. The molecule has 1 rings (SSSR count). The Hall–Kier alpha value is -1.06. The van der Waals surface area contributed by atoms with Crippen molar-refractivity contribution in [2.75, 3.05) is 13.7 Å². The average Bonchev–Trinajstić information content (AvgIpc) is 1.83. The zero-order valence-electron chi connectivity index (χ0n) is 6.66. The van der Waals surface area contributed by atoms with E-state index in [-0.39, 0.29) is 11.8 Å². The van der Waals surface area contributed by atoms with E-state index in [0.717, 1.165) is 6.42 Å². The maximum atomic E-state index is 10.9. The van der Waals surface area contributed by atoms with Crippen molar-refractivity contribution in [3.05, 3.63) is 0 Å². The summed E-state index contributed by atoms with van der Waals surface area (Å²) in [5.41, 5.74) is 0. The summed E-state index contributed by atoms with van der Waals surface area (Å²) in [7, 11) is 1.32. The fraction of sp³-hybridized carbons (Fsp3) is 0.714. The topological polar surface area (TPSA) is 46.6 Å². The SMILES string of the molecule is COC(=O)N1CCC1C(C)=O. The summed E-state index contributed by atoms with van der Waals surface area (Å²) in [5.74, 6) is 0.0293. The van der Waals surface area contributed by atoms with E-state index in [2.05, 4.69) is 4.74 Å². The van der Waals surface area contributed by atoms with Crippen LogP contribution in [0.4, 0.5) is 4.79 Å². The summed E-state index contributed by atoms with van der Waals surface area (Å²) in [6.45, 7) is 2.12. The number of amides is 1. The zero-order chi connectivity index (χ0) is 8.43. The third-order valence-electron chi connectivity index (χ3n) is 1.90. The Labute approximate surface area is 65.1 Å². The second kappa shape index (κ2) is 2.90. The molecule has 11 heavy (non-hydrogen) atoms. The molecular formula is C7H11NO3. The zero-order valence-corrected chi connectivity index (χ0v) is 6.66. The van der Waals surface area contributed by atoms with Gasteiger partial charge < -0.3 is 4.74 Å². The van der Waals surface area contributed by atoms with E-state index in [1.807, 2.05) is 0 Å². The van der Waals surface area contributed by atoms with Crippen LogP contribution in [-0.4, -0.2) is 36.5 Å². The summed E-state index contributed by atoms with van der Waals surface area (Å²) in [4.78, 5) is 23.1. The number of likely N-dealkylation sites (tertiary alicyclic amines) is 1. The van der Waals surface area contributed by atoms with Crippen LogP contribution in [0.25, 0.3) is 0 Å². The molecule has 0 radical (unpaired) electrons. The third kappa shape index (κ3) is 1.34. The van der Waals surface area contributed by atoms with Crippen LogP contribution >= 0.6 is 0 Å². The van der Waals surface area contributed by atoms with Crippen LogP contribution in [0.2, 0.25) is 0 Å². The van der Waals surface area contributed by atoms with Gasteiger partial charge in [-0.05, 0) is 13.3 Å². The first-order valence-electron chi connectivity index (χ1n) is 3.52. The van der Waals surface area contributed by atoms with E-state index in [9.17, 15) is 9.59 Å². The Bertz CT molecular complexity index is 190. The van der Waals surface area contributed by atoms with Gasteiger partial charge in [0, 0.05) is 6.54 Å². The van der Waals surface area contributed by atoms with Gasteiger partial charge in [-0.25, -0.2) is 4.79 Å². The molecule has 0 aliphatic carbocycles. The molecule has 0 aromatic carbocycles. The molecule has 62 valence electrons. The summed E-state index contributed by atoms with van der Waals surface area (Å²) >= 11 is 0. The molecule has 1 unspecified atom stereocenters. The predicted octanol–water partition coefficient (Wildman–Crippen LogP) is 0.416. The Morgan fingerprint density at radius 3 is 2.45 bits per heavy atom. The highest BCUT2D eigenvalue weighted by Gasteiger charge is 2.35. The van der Waals surface area contributed by atoms with Crippen molar-refractivity contribution in [3.63, 3.8) is 0 Å². The predicted molar refractivity (Wildman–Crippen MR) is 38.2 cm³/mol. The minimum absolute atomic E-state index is 0.0293. The van der Waals surface area contributed by atoms with Gasteiger partial charge in [-0.3, -0.25) is 9.69 Å². The van der Waals surface area contributed by atoms with Crippen molar-refractivity contribution in [1.29, 1.82) is 0 Å². The number of methoxy groups -OCH3 is 1. The molecule has 0 bridgehead atoms. The number of ketones is 1. The van der Waals surface area contributed by atoms with Crippen LogP contribution in [0.15, 0.2) is 0 Å². The van der Waals surface area contributed by atoms with Gasteiger partial charge in [0.2, 0.25) is 0 Å². The fourth-order valence-corrected chi connectivity index (χ4v) is 1.15. The number of ether oxygens (including phenoxy) is 1. The van der Waals surface area contributed by atoms with E-state index in [1.165, 1.54) is 18.9 Å². The lowest BCUT2D eigenvalue weighted by Crippen LogP contribution is -2.54. The highest BCUT2D eigenvalue weighted by molar-refractivity contribution is 5.86. The second-order valence-electron chi connectivity index (χ2n) is 2.58. The van der Waals surface area contributed by atoms with Gasteiger partial charge >= 0.3 is 6.09 Å². The maximum absolute atomic E-state index is 10.9. The molecule has 1 atom stereocenters. The van der Waals surface area contributed by atoms with Crippen molar-refractivity contribution >= 4 is 11.9 Å². The summed E-state index contributed by atoms with van der Waals surface area (Å²) in [5, 5.41) is 0. The van der Waals surface area contributed by atoms with E-state index >= 15 is 0 Å². The number of Topliss-reactive ketones (excluding diaryl/α,β-unsaturated/α-hetero) is 1. The number of rotatable bonds is 1. The quantitative estimate of drug-likeness (QED) is 0.554. The van der Waals surface area contributed by atoms with Gasteiger partial charge in [0.1, 0.15) is 0 Å². The molecule has 1 aliphatic rings. The lowest BCUT2D eigenvalue weighted by Gasteiger charge is -2.37. The molecule has 1 amide bonds. The molecule has 1 saturated heterocycles. The Balaban J connectivity index is 2.49. The van der Waals surface area contributed by atoms with Crippen LogP contribution in [-0.2, 0) is 9.53 Å². The molecule has 1 fully saturated rings. The first-order chi connectivity index (χ1) is 5.16. The summed E-state index contributed by atoms with van der Waals surface area (Å²) < 4.78 is 4.47. The fourth-order valence-electron chi connectivity index (χ4n) is 1.15. The lowest BCUT2D eigenvalue weighted by atomic mass is 10.0. The normalized spacial score (nSPS) is 22.4. The minimum Gasteiger partial charge on any atom is -0.453 e. The molecule has 0 spiro atoms. The molecule has 0 aromatic heterocycles. The van der Waals surface area contributed by atoms with Gasteiger partial charge in [-0.15, -0.1) is 0 Å². The average molecular weight is 157 g/mol. The number of carbonyl (C=O) groups excluding carboxylic acids is 2. The largest absolute Gasteiger partial charge is 0.453 e. The standard InChI is InChI=1S/C7H11NO3/c1-5(9)6-3-4-8(6)7(10)11-2/h6H,3-4H2,1-2H3. The number of hydrogen-bond acceptors (Lipinski definition) is 3. The summed E-state index contributed by atoms with van der Waals surface area (Å²) in [6.07, 6.45) is 0.362. The third-order valence-corrected chi connectivity index (χ3v) is 1.90. The first-order valence-corrected chi connectivity index (χ1v) is 3.52. The van der Waals surface area contributed by atoms with E-state index in [0.29, 0.717) is 6.54 Å². The smallest absolute Gasteiger partial charge is 0.410 e. The molecular weight excluding hydrogens is 146 g/mol. The van der Waals surface area contributed by atoms with Crippen LogP contribution in [0.5, 0.6) is 0 Å². The summed E-state index contributed by atoms with van der Waals surface area (Å²) in [6, 6.07) is -0.234. The molecule has 4 nitrogen and oxygen atoms in total. The Morgan fingerprint density at radius 2 is 2.18 bits per heavy atom. The van der Waals surface area contributed by atoms with Gasteiger partial charge in [0.25, 0.3) is 0 Å². The van der Waals surface area contributed by atoms with Crippen LogP contribution in [0.3, 0.4) is 0 Å². The highest BCUT2D eigenvalue weighted by Crippen LogP contribution is 2.18. The van der Waals surface area contributed by atoms with E-state index < -0.39 is 6.09 Å². The molecule has 4 heteroatoms. The van der Waals surface area contributed by atoms with Crippen molar-refractivity contribution < 1.29 is 14.3 Å². The van der Waals surface area contributed by atoms with Crippen molar-refractivity contribution in [3.8, 4) is 0 Å². The van der Waals surface area contributed by atoms with Gasteiger partial charge in [0.15, 0.2) is 5.78 Å². The van der Waals surface area contributed by atoms with Gasteiger partial charge in [0.05, 0.1) is 13.2 Å². The number of carbonyl (C=O) groups is 2. The van der Waals surface area contributed by atoms with Crippen LogP contribution in [0.1, 0.15) is 13.3 Å². The molecule has 1 heterocycles. The molecule has 0 aromatic rings. The van der Waals surface area contributed by atoms with Gasteiger partial charge in [-0.1, -0.05) is 0 Å². The number of nitrogens with zero attached hydrogens (tertiary/aromatic N) is 1. The molecule has 0 N–H and O–H groups in total. The van der Waals surface area contributed by atoms with Crippen LogP contribution < -0.4 is 0 Å². The Kier molecular flexibility index (Phi) is 2.12. The van der Waals surface area contributed by atoms with E-state index in [1.54, 1.807) is 0 Å².